The maximum Gasteiger partial charge on any atom is 0.234 e. The molecular formula is C14H24ClN3OS. The number of hydrogen-bond donors (Lipinski definition) is 2. The number of nitrogens with two attached hydrogens (primary N) is 1. The molecule has 0 radical (unpaired) electrons. The molecule has 0 spiro atoms. The van der Waals surface area contributed by atoms with Crippen molar-refractivity contribution in [1.82, 2.24) is 10.2 Å². The second-order valence-electron chi connectivity index (χ2n) is 5.26. The van der Waals surface area contributed by atoms with Crippen molar-refractivity contribution in [3.05, 3.63) is 22.4 Å². The number of halogens is 1. The number of piperidine rings is 1. The predicted molar refractivity (Wildman–Crippen MR) is 86.3 cm³/mol. The first-order valence-corrected chi connectivity index (χ1v) is 7.82. The van der Waals surface area contributed by atoms with E-state index in [-0.39, 0.29) is 24.4 Å². The minimum Gasteiger partial charge on any atom is -0.348 e. The largest absolute Gasteiger partial charge is 0.348 e. The molecule has 114 valence electrons. The topological polar surface area (TPSA) is 58.4 Å². The normalized spacial score (nSPS) is 18.3. The van der Waals surface area contributed by atoms with E-state index in [1.807, 2.05) is 18.4 Å². The van der Waals surface area contributed by atoms with E-state index < -0.39 is 0 Å². The fourth-order valence-corrected chi connectivity index (χ4v) is 3.21. The van der Waals surface area contributed by atoms with Crippen molar-refractivity contribution in [3.63, 3.8) is 0 Å². The minimum atomic E-state index is 0. The summed E-state index contributed by atoms with van der Waals surface area (Å²) in [6.45, 7) is 5.29. The summed E-state index contributed by atoms with van der Waals surface area (Å²) in [5.74, 6) is 0.761. The molecule has 20 heavy (non-hydrogen) atoms. The van der Waals surface area contributed by atoms with Gasteiger partial charge in [0.15, 0.2) is 0 Å². The summed E-state index contributed by atoms with van der Waals surface area (Å²) in [5.41, 5.74) is 5.67. The highest BCUT2D eigenvalue weighted by Crippen LogP contribution is 2.18. The van der Waals surface area contributed by atoms with E-state index in [9.17, 15) is 4.79 Å². The molecule has 0 saturated carbocycles. The van der Waals surface area contributed by atoms with Crippen LogP contribution < -0.4 is 11.1 Å². The second kappa shape index (κ2) is 8.62. The van der Waals surface area contributed by atoms with Crippen LogP contribution in [0.25, 0.3) is 0 Å². The van der Waals surface area contributed by atoms with Crippen LogP contribution in [0.1, 0.15) is 30.7 Å². The van der Waals surface area contributed by atoms with Crippen molar-refractivity contribution in [2.75, 3.05) is 26.2 Å². The fraction of sp³-hybridized carbons (Fsp3) is 0.643. The highest BCUT2D eigenvalue weighted by Gasteiger charge is 2.20. The van der Waals surface area contributed by atoms with Crippen molar-refractivity contribution >= 4 is 29.7 Å². The Hall–Kier alpha value is -0.620. The van der Waals surface area contributed by atoms with Crippen LogP contribution in [0.4, 0.5) is 0 Å². The molecule has 4 nitrogen and oxygen atoms in total. The number of nitrogens with zero attached hydrogens (tertiary/aromatic N) is 1. The predicted octanol–water partition coefficient (Wildman–Crippen LogP) is 2.02. The number of amides is 1. The molecule has 1 atom stereocenters. The Morgan fingerprint density at radius 2 is 2.25 bits per heavy atom. The fourth-order valence-electron chi connectivity index (χ4n) is 2.48. The van der Waals surface area contributed by atoms with Gasteiger partial charge in [0, 0.05) is 4.88 Å². The molecule has 2 rings (SSSR count). The Balaban J connectivity index is 0.00000200. The first kappa shape index (κ1) is 17.4. The molecule has 1 amide bonds. The highest BCUT2D eigenvalue weighted by molar-refractivity contribution is 7.10. The van der Waals surface area contributed by atoms with Crippen LogP contribution in [0.5, 0.6) is 0 Å². The molecule has 0 bridgehead atoms. The number of rotatable bonds is 5. The zero-order valence-corrected chi connectivity index (χ0v) is 13.5. The van der Waals surface area contributed by atoms with Gasteiger partial charge in [0.05, 0.1) is 12.6 Å². The van der Waals surface area contributed by atoms with Crippen molar-refractivity contribution in [1.29, 1.82) is 0 Å². The van der Waals surface area contributed by atoms with Gasteiger partial charge >= 0.3 is 0 Å². The first-order chi connectivity index (χ1) is 9.19. The van der Waals surface area contributed by atoms with E-state index in [2.05, 4.69) is 16.3 Å². The van der Waals surface area contributed by atoms with Crippen LogP contribution in [0.15, 0.2) is 17.5 Å². The van der Waals surface area contributed by atoms with Crippen LogP contribution in [-0.2, 0) is 4.79 Å². The summed E-state index contributed by atoms with van der Waals surface area (Å²) >= 11 is 1.68. The molecule has 1 aromatic heterocycles. The van der Waals surface area contributed by atoms with E-state index in [1.54, 1.807) is 11.3 Å². The monoisotopic (exact) mass is 317 g/mol. The van der Waals surface area contributed by atoms with Gasteiger partial charge < -0.3 is 11.1 Å². The van der Waals surface area contributed by atoms with Gasteiger partial charge in [-0.05, 0) is 56.8 Å². The van der Waals surface area contributed by atoms with Gasteiger partial charge in [0.2, 0.25) is 5.91 Å². The number of hydrogen-bond acceptors (Lipinski definition) is 4. The van der Waals surface area contributed by atoms with Crippen molar-refractivity contribution in [2.24, 2.45) is 11.7 Å². The van der Waals surface area contributed by atoms with Crippen molar-refractivity contribution < 1.29 is 4.79 Å². The van der Waals surface area contributed by atoms with Gasteiger partial charge in [-0.15, -0.1) is 23.7 Å². The van der Waals surface area contributed by atoms with Gasteiger partial charge in [0.25, 0.3) is 0 Å². The minimum absolute atomic E-state index is 0. The lowest BCUT2D eigenvalue weighted by molar-refractivity contribution is -0.123. The maximum atomic E-state index is 12.0. The summed E-state index contributed by atoms with van der Waals surface area (Å²) in [5, 5.41) is 5.10. The average molecular weight is 318 g/mol. The molecule has 0 aliphatic carbocycles. The zero-order valence-electron chi connectivity index (χ0n) is 11.9. The quantitative estimate of drug-likeness (QED) is 0.873. The zero-order chi connectivity index (χ0) is 13.7. The highest BCUT2D eigenvalue weighted by atomic mass is 35.5. The van der Waals surface area contributed by atoms with E-state index in [0.717, 1.165) is 32.5 Å². The second-order valence-corrected chi connectivity index (χ2v) is 6.24. The molecular weight excluding hydrogens is 294 g/mol. The molecule has 6 heteroatoms. The number of nitrogens with one attached hydrogen (secondary N) is 1. The van der Waals surface area contributed by atoms with Crippen LogP contribution in [0, 0.1) is 5.92 Å². The number of carbonyl (C=O) groups is 1. The van der Waals surface area contributed by atoms with Crippen LogP contribution in [0.2, 0.25) is 0 Å². The molecule has 1 aromatic rings. The summed E-state index contributed by atoms with van der Waals surface area (Å²) < 4.78 is 0. The lowest BCUT2D eigenvalue weighted by Crippen LogP contribution is -2.42. The third-order valence-corrected chi connectivity index (χ3v) is 4.81. The third kappa shape index (κ3) is 5.05. The standard InChI is InChI=1S/C14H23N3OS.ClH/c1-11(13-3-2-8-19-13)16-14(18)10-17-6-4-12(9-15)5-7-17;/h2-3,8,11-12H,4-7,9-10,15H2,1H3,(H,16,18);1H. The Labute approximate surface area is 131 Å². The summed E-state index contributed by atoms with van der Waals surface area (Å²) in [6.07, 6.45) is 2.23. The van der Waals surface area contributed by atoms with Gasteiger partial charge in [-0.3, -0.25) is 9.69 Å². The lowest BCUT2D eigenvalue weighted by atomic mass is 9.97. The summed E-state index contributed by atoms with van der Waals surface area (Å²) in [6, 6.07) is 4.18. The van der Waals surface area contributed by atoms with E-state index in [4.69, 9.17) is 5.73 Å². The molecule has 3 N–H and O–H groups in total. The van der Waals surface area contributed by atoms with Gasteiger partial charge in [-0.2, -0.15) is 0 Å². The molecule has 1 fully saturated rings. The molecule has 1 aliphatic heterocycles. The smallest absolute Gasteiger partial charge is 0.234 e. The van der Waals surface area contributed by atoms with Gasteiger partial charge in [0.1, 0.15) is 0 Å². The summed E-state index contributed by atoms with van der Waals surface area (Å²) in [7, 11) is 0. The maximum absolute atomic E-state index is 12.0. The molecule has 1 aliphatic rings. The lowest BCUT2D eigenvalue weighted by Gasteiger charge is -2.31. The van der Waals surface area contributed by atoms with Crippen molar-refractivity contribution in [2.45, 2.75) is 25.8 Å². The first-order valence-electron chi connectivity index (χ1n) is 6.94. The SMILES string of the molecule is CC(NC(=O)CN1CCC(CN)CC1)c1cccs1.Cl. The van der Waals surface area contributed by atoms with Gasteiger partial charge in [-0.1, -0.05) is 6.07 Å². The molecule has 2 heterocycles. The van der Waals surface area contributed by atoms with E-state index in [0.29, 0.717) is 12.5 Å². The average Bonchev–Trinajstić information content (AvgIpc) is 2.93. The molecule has 1 unspecified atom stereocenters. The Bertz CT molecular complexity index is 391. The summed E-state index contributed by atoms with van der Waals surface area (Å²) in [4.78, 5) is 15.4. The van der Waals surface area contributed by atoms with Crippen molar-refractivity contribution in [3.8, 4) is 0 Å². The number of carbonyl (C=O) groups excluding carboxylic acids is 1. The number of thiophene rings is 1. The molecule has 1 saturated heterocycles. The number of likely N-dealkylation sites (tertiary alicyclic amines) is 1. The van der Waals surface area contributed by atoms with E-state index in [1.165, 1.54) is 4.88 Å². The van der Waals surface area contributed by atoms with Crippen LogP contribution >= 0.6 is 23.7 Å². The van der Waals surface area contributed by atoms with Crippen LogP contribution in [0.3, 0.4) is 0 Å². The van der Waals surface area contributed by atoms with Gasteiger partial charge in [-0.25, -0.2) is 0 Å². The van der Waals surface area contributed by atoms with Crippen LogP contribution in [-0.4, -0.2) is 37.0 Å². The Morgan fingerprint density at radius 3 is 2.80 bits per heavy atom. The Morgan fingerprint density at radius 1 is 1.55 bits per heavy atom. The molecule has 0 aromatic carbocycles. The van der Waals surface area contributed by atoms with E-state index >= 15 is 0 Å². The third-order valence-electron chi connectivity index (χ3n) is 3.76. The Kier molecular flexibility index (Phi) is 7.51.